The molecule has 0 bridgehead atoms. The first-order valence-electron chi connectivity index (χ1n) is 13.0. The zero-order chi connectivity index (χ0) is 28.1. The molecule has 5 aromatic rings. The molecule has 5 rings (SSSR count). The van der Waals surface area contributed by atoms with Gasteiger partial charge in [0.15, 0.2) is 0 Å². The number of sulfonamides is 1. The van der Waals surface area contributed by atoms with Gasteiger partial charge in [-0.25, -0.2) is 18.2 Å². The Morgan fingerprint density at radius 3 is 2.40 bits per heavy atom. The van der Waals surface area contributed by atoms with Gasteiger partial charge in [0.2, 0.25) is 0 Å². The Balaban J connectivity index is 1.46. The molecule has 0 radical (unpaired) electrons. The molecular weight excluding hydrogens is 526 g/mol. The van der Waals surface area contributed by atoms with Gasteiger partial charge in [0.1, 0.15) is 11.6 Å². The lowest BCUT2D eigenvalue weighted by Gasteiger charge is -2.12. The highest BCUT2D eigenvalue weighted by Gasteiger charge is 2.17. The van der Waals surface area contributed by atoms with Gasteiger partial charge in [-0.2, -0.15) is 0 Å². The summed E-state index contributed by atoms with van der Waals surface area (Å²) in [4.78, 5) is 16.2. The van der Waals surface area contributed by atoms with Crippen LogP contribution in [0.15, 0.2) is 102 Å². The summed E-state index contributed by atoms with van der Waals surface area (Å²) in [5.41, 5.74) is 4.63. The maximum Gasteiger partial charge on any atom is 0.511 e. The monoisotopic (exact) mass is 555 g/mol. The van der Waals surface area contributed by atoms with Crippen LogP contribution in [-0.4, -0.2) is 29.2 Å². The Labute approximate surface area is 232 Å². The molecule has 0 aliphatic heterocycles. The highest BCUT2D eigenvalue weighted by atomic mass is 32.2. The number of imidazole rings is 1. The van der Waals surface area contributed by atoms with Gasteiger partial charge in [-0.15, -0.1) is 0 Å². The van der Waals surface area contributed by atoms with E-state index in [4.69, 9.17) is 14.8 Å². The predicted molar refractivity (Wildman–Crippen MR) is 155 cm³/mol. The molecule has 0 fully saturated rings. The number of aryl methyl sites for hydroxylation is 1. The number of aromatic nitrogens is 2. The number of carboxylic acid groups (broad SMARTS) is 1. The van der Waals surface area contributed by atoms with Gasteiger partial charge >= 0.3 is 6.16 Å². The highest BCUT2D eigenvalue weighted by Crippen LogP contribution is 2.31. The maximum absolute atomic E-state index is 12.9. The zero-order valence-corrected chi connectivity index (χ0v) is 22.8. The number of nitrogens with one attached hydrogen (secondary N) is 1. The molecule has 4 aromatic carbocycles. The van der Waals surface area contributed by atoms with Gasteiger partial charge in [0, 0.05) is 18.5 Å². The van der Waals surface area contributed by atoms with Crippen molar-refractivity contribution in [2.75, 3.05) is 4.72 Å². The number of para-hydroxylation sites is 1. The third-order valence-electron chi connectivity index (χ3n) is 6.58. The lowest BCUT2D eigenvalue weighted by Crippen LogP contribution is -2.13. The van der Waals surface area contributed by atoms with Crippen molar-refractivity contribution >= 4 is 32.9 Å². The summed E-state index contributed by atoms with van der Waals surface area (Å²) in [5.74, 6) is 1.21. The average Bonchev–Trinajstić information content (AvgIpc) is 3.29. The summed E-state index contributed by atoms with van der Waals surface area (Å²) in [5, 5.41) is 9.07. The molecule has 0 spiro atoms. The van der Waals surface area contributed by atoms with Crippen LogP contribution in [0.5, 0.6) is 5.75 Å². The Morgan fingerprint density at radius 2 is 1.68 bits per heavy atom. The molecule has 8 nitrogen and oxygen atoms in total. The number of carbonyl (C=O) groups is 1. The standard InChI is InChI=1S/C31H29N3O5S/c1-2-3-13-30-32-27-19-18-24(33-40(37,38)25-9-5-4-6-10-25)20-28(27)34(30)21-22-14-16-23(17-15-22)26-11-7-8-12-29(26)39-31(35)36/h4-12,14-20,33H,2-3,13,21H2,1H3,(H,35,36). The van der Waals surface area contributed by atoms with E-state index in [1.807, 2.05) is 48.5 Å². The van der Waals surface area contributed by atoms with Gasteiger partial charge in [0.25, 0.3) is 10.0 Å². The SMILES string of the molecule is CCCCc1nc2ccc(NS(=O)(=O)c3ccccc3)cc2n1Cc1ccc(-c2ccccc2OC(=O)O)cc1. The number of benzene rings is 4. The molecule has 204 valence electrons. The lowest BCUT2D eigenvalue weighted by atomic mass is 10.0. The lowest BCUT2D eigenvalue weighted by molar-refractivity contribution is 0.144. The van der Waals surface area contributed by atoms with E-state index in [9.17, 15) is 13.2 Å². The highest BCUT2D eigenvalue weighted by molar-refractivity contribution is 7.92. The van der Waals surface area contributed by atoms with E-state index < -0.39 is 16.2 Å². The Kier molecular flexibility index (Phi) is 7.84. The first kappa shape index (κ1) is 27.0. The second-order valence-corrected chi connectivity index (χ2v) is 11.1. The molecule has 0 unspecified atom stereocenters. The fourth-order valence-corrected chi connectivity index (χ4v) is 5.68. The van der Waals surface area contributed by atoms with Gasteiger partial charge < -0.3 is 14.4 Å². The van der Waals surface area contributed by atoms with Crippen LogP contribution in [0, 0.1) is 0 Å². The van der Waals surface area contributed by atoms with Gasteiger partial charge in [-0.05, 0) is 53.9 Å². The molecule has 2 N–H and O–H groups in total. The van der Waals surface area contributed by atoms with E-state index in [0.717, 1.165) is 47.2 Å². The maximum atomic E-state index is 12.9. The Bertz CT molecular complexity index is 1750. The third kappa shape index (κ3) is 6.00. The van der Waals surface area contributed by atoms with Crippen LogP contribution in [-0.2, 0) is 23.0 Å². The van der Waals surface area contributed by atoms with Crippen molar-refractivity contribution in [3.8, 4) is 16.9 Å². The van der Waals surface area contributed by atoms with Crippen LogP contribution >= 0.6 is 0 Å². The van der Waals surface area contributed by atoms with Crippen molar-refractivity contribution in [2.24, 2.45) is 0 Å². The van der Waals surface area contributed by atoms with Crippen LogP contribution < -0.4 is 9.46 Å². The van der Waals surface area contributed by atoms with Crippen molar-refractivity contribution in [1.29, 1.82) is 0 Å². The second kappa shape index (κ2) is 11.6. The minimum atomic E-state index is -3.73. The quantitative estimate of drug-likeness (QED) is 0.142. The van der Waals surface area contributed by atoms with E-state index >= 15 is 0 Å². The average molecular weight is 556 g/mol. The van der Waals surface area contributed by atoms with Crippen molar-refractivity contribution < 1.29 is 23.1 Å². The fourth-order valence-electron chi connectivity index (χ4n) is 4.61. The molecule has 0 amide bonds. The normalized spacial score (nSPS) is 11.4. The summed E-state index contributed by atoms with van der Waals surface area (Å²) in [6.45, 7) is 2.67. The van der Waals surface area contributed by atoms with E-state index in [-0.39, 0.29) is 10.6 Å². The molecule has 0 aliphatic rings. The van der Waals surface area contributed by atoms with Crippen LogP contribution in [0.4, 0.5) is 10.5 Å². The Hall–Kier alpha value is -4.63. The zero-order valence-electron chi connectivity index (χ0n) is 21.9. The van der Waals surface area contributed by atoms with E-state index in [0.29, 0.717) is 17.8 Å². The van der Waals surface area contributed by atoms with Gasteiger partial charge in [0.05, 0.1) is 21.6 Å². The minimum absolute atomic E-state index is 0.197. The van der Waals surface area contributed by atoms with Crippen LogP contribution in [0.3, 0.4) is 0 Å². The number of fused-ring (bicyclic) bond motifs is 1. The van der Waals surface area contributed by atoms with Crippen molar-refractivity contribution in [1.82, 2.24) is 9.55 Å². The molecule has 1 heterocycles. The number of hydrogen-bond donors (Lipinski definition) is 2. The predicted octanol–water partition coefficient (Wildman–Crippen LogP) is 6.95. The molecular formula is C31H29N3O5S. The molecule has 0 aliphatic carbocycles. The third-order valence-corrected chi connectivity index (χ3v) is 7.97. The fraction of sp³-hybridized carbons (Fsp3) is 0.161. The largest absolute Gasteiger partial charge is 0.511 e. The molecule has 0 saturated carbocycles. The number of ether oxygens (including phenoxy) is 1. The molecule has 0 saturated heterocycles. The molecule has 9 heteroatoms. The Morgan fingerprint density at radius 1 is 0.950 bits per heavy atom. The first-order chi connectivity index (χ1) is 19.3. The molecule has 40 heavy (non-hydrogen) atoms. The van der Waals surface area contributed by atoms with E-state index in [1.165, 1.54) is 0 Å². The number of anilines is 1. The summed E-state index contributed by atoms with van der Waals surface area (Å²) in [6, 6.07) is 28.5. The number of hydrogen-bond acceptors (Lipinski definition) is 5. The molecule has 1 aromatic heterocycles. The smallest absolute Gasteiger partial charge is 0.449 e. The van der Waals surface area contributed by atoms with E-state index in [1.54, 1.807) is 48.5 Å². The number of nitrogens with zero attached hydrogens (tertiary/aromatic N) is 2. The minimum Gasteiger partial charge on any atom is -0.449 e. The summed E-state index contributed by atoms with van der Waals surface area (Å²) >= 11 is 0. The summed E-state index contributed by atoms with van der Waals surface area (Å²) in [6.07, 6.45) is 1.45. The topological polar surface area (TPSA) is 111 Å². The van der Waals surface area contributed by atoms with Crippen LogP contribution in [0.2, 0.25) is 0 Å². The molecule has 0 atom stereocenters. The van der Waals surface area contributed by atoms with Crippen LogP contribution in [0.25, 0.3) is 22.2 Å². The van der Waals surface area contributed by atoms with Gasteiger partial charge in [-0.3, -0.25) is 4.72 Å². The van der Waals surface area contributed by atoms with Crippen molar-refractivity contribution in [3.63, 3.8) is 0 Å². The van der Waals surface area contributed by atoms with E-state index in [2.05, 4.69) is 16.2 Å². The second-order valence-electron chi connectivity index (χ2n) is 9.40. The van der Waals surface area contributed by atoms with Crippen LogP contribution in [0.1, 0.15) is 31.2 Å². The number of unbranched alkanes of at least 4 members (excludes halogenated alkanes) is 1. The summed E-state index contributed by atoms with van der Waals surface area (Å²) < 4.78 is 35.6. The van der Waals surface area contributed by atoms with Gasteiger partial charge in [-0.1, -0.05) is 74.0 Å². The summed E-state index contributed by atoms with van der Waals surface area (Å²) in [7, 11) is -3.73. The van der Waals surface area contributed by atoms with Crippen molar-refractivity contribution in [3.05, 3.63) is 108 Å². The van der Waals surface area contributed by atoms with Crippen molar-refractivity contribution in [2.45, 2.75) is 37.6 Å². The number of rotatable bonds is 10. The first-order valence-corrected chi connectivity index (χ1v) is 14.5.